The molecule has 0 fully saturated rings. The molecule has 1 aliphatic heterocycles. The molecule has 1 heterocycles. The van der Waals surface area contributed by atoms with E-state index < -0.39 is 23.7 Å². The second-order valence-corrected chi connectivity index (χ2v) is 8.53. The zero-order valence-corrected chi connectivity index (χ0v) is 21.1. The second-order valence-electron chi connectivity index (χ2n) is 8.53. The summed E-state index contributed by atoms with van der Waals surface area (Å²) in [7, 11) is 0. The minimum atomic E-state index is -4.33. The van der Waals surface area contributed by atoms with Gasteiger partial charge in [0.25, 0.3) is 0 Å². The van der Waals surface area contributed by atoms with Gasteiger partial charge in [-0.1, -0.05) is 30.3 Å². The lowest BCUT2D eigenvalue weighted by atomic mass is 10.1. The van der Waals surface area contributed by atoms with Crippen molar-refractivity contribution < 1.29 is 47.2 Å². The Kier molecular flexibility index (Phi) is 10.2. The lowest BCUT2D eigenvalue weighted by molar-refractivity contribution is -0.159. The Morgan fingerprint density at radius 1 is 0.846 bits per heavy atom. The number of hydrogen-bond acceptors (Lipinski definition) is 6. The highest BCUT2D eigenvalue weighted by molar-refractivity contribution is 6.27. The fourth-order valence-corrected chi connectivity index (χ4v) is 3.77. The molecular weight excluding hydrogens is 519 g/mol. The van der Waals surface area contributed by atoms with Crippen LogP contribution in [0, 0.1) is 0 Å². The van der Waals surface area contributed by atoms with Crippen LogP contribution in [0.4, 0.5) is 13.2 Å². The van der Waals surface area contributed by atoms with Gasteiger partial charge in [0.2, 0.25) is 6.79 Å². The van der Waals surface area contributed by atoms with Crippen molar-refractivity contribution in [2.75, 3.05) is 19.9 Å². The van der Waals surface area contributed by atoms with Crippen molar-refractivity contribution in [2.24, 2.45) is 0 Å². The zero-order valence-electron chi connectivity index (χ0n) is 21.1. The van der Waals surface area contributed by atoms with E-state index in [2.05, 4.69) is 4.90 Å². The standard InChI is InChI=1S/C26H26F3NO3.C2H2O4/c1-2-31-23-10-5-21(6-11-23)17-30(16-20-3-8-22(9-4-20)26(27,28)29)14-13-19-7-12-24-25(15-19)33-18-32-24;3-1(4)2(5)6/h3-12,15H,2,13-14,16-18H2,1H3;(H,3,4)(H,5,6). The van der Waals surface area contributed by atoms with Gasteiger partial charge in [0.15, 0.2) is 11.5 Å². The third-order valence-corrected chi connectivity index (χ3v) is 5.66. The summed E-state index contributed by atoms with van der Waals surface area (Å²) in [6.45, 7) is 4.71. The topological polar surface area (TPSA) is 106 Å². The predicted molar refractivity (Wildman–Crippen MR) is 135 cm³/mol. The maximum Gasteiger partial charge on any atom is 0.416 e. The average molecular weight is 548 g/mol. The minimum absolute atomic E-state index is 0.233. The van der Waals surface area contributed by atoms with E-state index in [1.54, 1.807) is 12.1 Å². The van der Waals surface area contributed by atoms with Crippen LogP contribution in [0.2, 0.25) is 0 Å². The summed E-state index contributed by atoms with van der Waals surface area (Å²) < 4.78 is 55.1. The number of halogens is 3. The smallest absolute Gasteiger partial charge is 0.416 e. The van der Waals surface area contributed by atoms with E-state index >= 15 is 0 Å². The van der Waals surface area contributed by atoms with Crippen LogP contribution in [0.3, 0.4) is 0 Å². The van der Waals surface area contributed by atoms with E-state index in [1.165, 1.54) is 0 Å². The molecule has 1 aliphatic rings. The first kappa shape index (κ1) is 29.3. The molecule has 0 radical (unpaired) electrons. The number of alkyl halides is 3. The molecular formula is C28H28F3NO7. The summed E-state index contributed by atoms with van der Waals surface area (Å²) in [6, 6.07) is 19.2. The highest BCUT2D eigenvalue weighted by Gasteiger charge is 2.30. The molecule has 39 heavy (non-hydrogen) atoms. The fraction of sp³-hybridized carbons (Fsp3) is 0.286. The zero-order chi connectivity index (χ0) is 28.4. The first-order valence-electron chi connectivity index (χ1n) is 12.0. The molecule has 0 atom stereocenters. The number of carboxylic acids is 2. The fourth-order valence-electron chi connectivity index (χ4n) is 3.77. The van der Waals surface area contributed by atoms with E-state index in [-0.39, 0.29) is 6.79 Å². The average Bonchev–Trinajstić information content (AvgIpc) is 3.37. The van der Waals surface area contributed by atoms with Crippen LogP contribution in [0.1, 0.15) is 29.2 Å². The van der Waals surface area contributed by atoms with E-state index in [0.717, 1.165) is 59.0 Å². The molecule has 0 saturated carbocycles. The number of nitrogens with zero attached hydrogens (tertiary/aromatic N) is 1. The van der Waals surface area contributed by atoms with Gasteiger partial charge >= 0.3 is 18.1 Å². The highest BCUT2D eigenvalue weighted by atomic mass is 19.4. The molecule has 0 spiro atoms. The van der Waals surface area contributed by atoms with Gasteiger partial charge in [0.1, 0.15) is 5.75 Å². The van der Waals surface area contributed by atoms with Gasteiger partial charge in [0.05, 0.1) is 12.2 Å². The molecule has 0 amide bonds. The van der Waals surface area contributed by atoms with Crippen molar-refractivity contribution >= 4 is 11.9 Å². The van der Waals surface area contributed by atoms with E-state index in [9.17, 15) is 13.2 Å². The van der Waals surface area contributed by atoms with Gasteiger partial charge in [-0.2, -0.15) is 13.2 Å². The number of aliphatic carboxylic acids is 2. The number of carboxylic acid groups (broad SMARTS) is 2. The number of rotatable bonds is 9. The van der Waals surface area contributed by atoms with Crippen molar-refractivity contribution in [3.8, 4) is 17.2 Å². The van der Waals surface area contributed by atoms with Gasteiger partial charge in [0, 0.05) is 19.6 Å². The Morgan fingerprint density at radius 2 is 1.38 bits per heavy atom. The third kappa shape index (κ3) is 9.22. The van der Waals surface area contributed by atoms with Crippen molar-refractivity contribution in [3.63, 3.8) is 0 Å². The van der Waals surface area contributed by atoms with E-state index in [0.29, 0.717) is 19.7 Å². The van der Waals surface area contributed by atoms with Crippen molar-refractivity contribution in [2.45, 2.75) is 32.6 Å². The van der Waals surface area contributed by atoms with Crippen molar-refractivity contribution in [3.05, 3.63) is 89.0 Å². The van der Waals surface area contributed by atoms with Gasteiger partial charge in [-0.25, -0.2) is 9.59 Å². The SMILES string of the molecule is CCOc1ccc(CN(CCc2ccc3c(c2)OCO3)Cc2ccc(C(F)(F)F)cc2)cc1.O=C(O)C(=O)O. The normalized spacial score (nSPS) is 12.0. The first-order valence-corrected chi connectivity index (χ1v) is 12.0. The van der Waals surface area contributed by atoms with E-state index in [1.807, 2.05) is 49.4 Å². The maximum atomic E-state index is 12.9. The third-order valence-electron chi connectivity index (χ3n) is 5.66. The Morgan fingerprint density at radius 3 is 1.92 bits per heavy atom. The molecule has 2 N–H and O–H groups in total. The van der Waals surface area contributed by atoms with Gasteiger partial charge in [-0.05, 0) is 66.4 Å². The highest BCUT2D eigenvalue weighted by Crippen LogP contribution is 2.33. The van der Waals surface area contributed by atoms with Gasteiger partial charge in [-0.15, -0.1) is 0 Å². The van der Waals surface area contributed by atoms with Crippen molar-refractivity contribution in [1.82, 2.24) is 4.90 Å². The molecule has 3 aromatic rings. The van der Waals surface area contributed by atoms with Crippen LogP contribution in [0.25, 0.3) is 0 Å². The Balaban J connectivity index is 0.000000631. The lowest BCUT2D eigenvalue weighted by Gasteiger charge is -2.23. The second kappa shape index (κ2) is 13.5. The summed E-state index contributed by atoms with van der Waals surface area (Å²) in [5.74, 6) is -1.34. The summed E-state index contributed by atoms with van der Waals surface area (Å²) in [6.07, 6.45) is -3.56. The number of hydrogen-bond donors (Lipinski definition) is 2. The van der Waals surface area contributed by atoms with Gasteiger partial charge < -0.3 is 24.4 Å². The van der Waals surface area contributed by atoms with Crippen LogP contribution in [-0.2, 0) is 35.3 Å². The van der Waals surface area contributed by atoms with E-state index in [4.69, 9.17) is 34.0 Å². The summed E-state index contributed by atoms with van der Waals surface area (Å²) in [5.41, 5.74) is 2.42. The molecule has 3 aromatic carbocycles. The Labute approximate surface area is 223 Å². The van der Waals surface area contributed by atoms with Crippen LogP contribution in [0.5, 0.6) is 17.2 Å². The number of fused-ring (bicyclic) bond motifs is 1. The quantitative estimate of drug-likeness (QED) is 0.351. The molecule has 4 rings (SSSR count). The summed E-state index contributed by atoms with van der Waals surface area (Å²) >= 11 is 0. The largest absolute Gasteiger partial charge is 0.494 e. The molecule has 0 aromatic heterocycles. The summed E-state index contributed by atoms with van der Waals surface area (Å²) in [5, 5.41) is 14.8. The molecule has 0 bridgehead atoms. The molecule has 8 nitrogen and oxygen atoms in total. The molecule has 11 heteroatoms. The first-order chi connectivity index (χ1) is 18.5. The van der Waals surface area contributed by atoms with Crippen LogP contribution in [-0.4, -0.2) is 47.0 Å². The maximum absolute atomic E-state index is 12.9. The van der Waals surface area contributed by atoms with Crippen LogP contribution < -0.4 is 14.2 Å². The van der Waals surface area contributed by atoms with Crippen molar-refractivity contribution in [1.29, 1.82) is 0 Å². The number of carbonyl (C=O) groups is 2. The van der Waals surface area contributed by atoms with Gasteiger partial charge in [-0.3, -0.25) is 4.90 Å². The predicted octanol–water partition coefficient (Wildman–Crippen LogP) is 5.23. The Bertz CT molecular complexity index is 1230. The monoisotopic (exact) mass is 547 g/mol. The Hall–Kier alpha value is -4.25. The number of ether oxygens (including phenoxy) is 3. The molecule has 0 unspecified atom stereocenters. The lowest BCUT2D eigenvalue weighted by Crippen LogP contribution is -2.25. The summed E-state index contributed by atoms with van der Waals surface area (Å²) in [4.78, 5) is 20.4. The minimum Gasteiger partial charge on any atom is -0.494 e. The molecule has 0 aliphatic carbocycles. The van der Waals surface area contributed by atoms with Crippen LogP contribution >= 0.6 is 0 Å². The number of benzene rings is 3. The molecule has 208 valence electrons. The molecule has 0 saturated heterocycles. The van der Waals surface area contributed by atoms with Crippen LogP contribution in [0.15, 0.2) is 66.7 Å².